The number of H-pyrrole nitrogens is 1. The number of aliphatic hydroxyl groups excluding tert-OH is 1. The maximum absolute atomic E-state index is 13.7. The van der Waals surface area contributed by atoms with Gasteiger partial charge in [-0.1, -0.05) is 24.3 Å². The van der Waals surface area contributed by atoms with Crippen molar-refractivity contribution in [2.45, 2.75) is 31.5 Å². The van der Waals surface area contributed by atoms with Crippen LogP contribution in [0.2, 0.25) is 0 Å². The highest BCUT2D eigenvalue weighted by Gasteiger charge is 2.34. The number of aromatic nitrogens is 3. The van der Waals surface area contributed by atoms with Crippen molar-refractivity contribution in [3.8, 4) is 16.9 Å². The highest BCUT2D eigenvalue weighted by Crippen LogP contribution is 2.36. The fourth-order valence-corrected chi connectivity index (χ4v) is 5.94. The second kappa shape index (κ2) is 11.4. The molecule has 43 heavy (non-hydrogen) atoms. The number of nitrogen functional groups attached to an aromatic ring is 1. The van der Waals surface area contributed by atoms with Crippen LogP contribution in [0.5, 0.6) is 5.75 Å². The minimum absolute atomic E-state index is 0.102. The lowest BCUT2D eigenvalue weighted by Gasteiger charge is -2.24. The SMILES string of the molecule is COc1ccc(F)cc1C(=O)NCc1ccc(-c2cn([C@@H]3CCN(C(=O)N4CC[C@@H](O)C4)C3)c3c(=O)[nH]nc(N)c23)cc1. The van der Waals surface area contributed by atoms with E-state index in [2.05, 4.69) is 15.5 Å². The molecule has 0 bridgehead atoms. The van der Waals surface area contributed by atoms with Gasteiger partial charge in [-0.2, -0.15) is 5.10 Å². The van der Waals surface area contributed by atoms with Crippen LogP contribution in [0.4, 0.5) is 15.0 Å². The molecule has 5 N–H and O–H groups in total. The molecule has 2 aliphatic rings. The quantitative estimate of drug-likeness (QED) is 0.269. The molecule has 0 aliphatic carbocycles. The van der Waals surface area contributed by atoms with Crippen LogP contribution in [0.25, 0.3) is 22.0 Å². The predicted molar refractivity (Wildman–Crippen MR) is 157 cm³/mol. The molecule has 2 aromatic heterocycles. The number of ether oxygens (including phenoxy) is 1. The minimum Gasteiger partial charge on any atom is -0.496 e. The Morgan fingerprint density at radius 1 is 1.14 bits per heavy atom. The van der Waals surface area contributed by atoms with Gasteiger partial charge < -0.3 is 35.3 Å². The number of benzene rings is 2. The largest absolute Gasteiger partial charge is 0.496 e. The van der Waals surface area contributed by atoms with E-state index in [4.69, 9.17) is 10.5 Å². The van der Waals surface area contributed by atoms with Crippen molar-refractivity contribution in [2.24, 2.45) is 0 Å². The Balaban J connectivity index is 1.23. The second-order valence-corrected chi connectivity index (χ2v) is 10.9. The monoisotopic (exact) mass is 589 g/mol. The number of nitrogens with zero attached hydrogens (tertiary/aromatic N) is 4. The molecule has 2 fully saturated rings. The summed E-state index contributed by atoms with van der Waals surface area (Å²) in [5, 5.41) is 19.6. The number of halogens is 1. The summed E-state index contributed by atoms with van der Waals surface area (Å²) in [6.07, 6.45) is 2.61. The first-order valence-electron chi connectivity index (χ1n) is 14.0. The van der Waals surface area contributed by atoms with Crippen LogP contribution in [0.15, 0.2) is 53.5 Å². The number of β-amino-alcohol motifs (C(OH)–C–C–N with tert-alkyl or cyclic N) is 1. The minimum atomic E-state index is -0.537. The van der Waals surface area contributed by atoms with Gasteiger partial charge in [-0.25, -0.2) is 14.3 Å². The average molecular weight is 590 g/mol. The Hall–Kier alpha value is -4.91. The summed E-state index contributed by atoms with van der Waals surface area (Å²) in [6, 6.07) is 10.9. The number of carbonyl (C=O) groups excluding carboxylic acids is 2. The zero-order chi connectivity index (χ0) is 30.2. The van der Waals surface area contributed by atoms with Crippen molar-refractivity contribution in [3.63, 3.8) is 0 Å². The van der Waals surface area contributed by atoms with E-state index in [0.29, 0.717) is 49.9 Å². The van der Waals surface area contributed by atoms with E-state index in [9.17, 15) is 23.9 Å². The van der Waals surface area contributed by atoms with Gasteiger partial charge in [0.1, 0.15) is 17.1 Å². The van der Waals surface area contributed by atoms with Crippen LogP contribution in [-0.4, -0.2) is 81.0 Å². The number of nitrogens with two attached hydrogens (primary N) is 1. The molecule has 4 heterocycles. The van der Waals surface area contributed by atoms with Crippen LogP contribution < -0.4 is 21.3 Å². The molecular weight excluding hydrogens is 557 g/mol. The molecule has 6 rings (SSSR count). The summed E-state index contributed by atoms with van der Waals surface area (Å²) >= 11 is 0. The number of amides is 3. The number of rotatable bonds is 6. The van der Waals surface area contributed by atoms with Crippen LogP contribution in [0.1, 0.15) is 34.8 Å². The van der Waals surface area contributed by atoms with Gasteiger partial charge in [0.25, 0.3) is 11.5 Å². The number of urea groups is 1. The number of hydrogen-bond acceptors (Lipinski definition) is 7. The summed E-state index contributed by atoms with van der Waals surface area (Å²) in [5.74, 6) is -0.547. The topological polar surface area (TPSA) is 159 Å². The fourth-order valence-electron chi connectivity index (χ4n) is 5.94. The first-order valence-corrected chi connectivity index (χ1v) is 14.0. The first-order chi connectivity index (χ1) is 20.7. The number of carbonyl (C=O) groups is 2. The Bertz CT molecular complexity index is 1750. The van der Waals surface area contributed by atoms with Crippen molar-refractivity contribution in [2.75, 3.05) is 39.0 Å². The molecule has 2 atom stereocenters. The molecule has 2 aromatic carbocycles. The van der Waals surface area contributed by atoms with Crippen LogP contribution >= 0.6 is 0 Å². The summed E-state index contributed by atoms with van der Waals surface area (Å²) in [4.78, 5) is 42.1. The number of nitrogens with one attached hydrogen (secondary N) is 2. The number of aromatic amines is 1. The zero-order valence-corrected chi connectivity index (χ0v) is 23.5. The molecule has 224 valence electrons. The first kappa shape index (κ1) is 28.2. The third-order valence-corrected chi connectivity index (χ3v) is 8.17. The van der Waals surface area contributed by atoms with Gasteiger partial charge in [0, 0.05) is 44.5 Å². The molecule has 13 heteroatoms. The van der Waals surface area contributed by atoms with Crippen molar-refractivity contribution in [1.82, 2.24) is 29.9 Å². The lowest BCUT2D eigenvalue weighted by Crippen LogP contribution is -2.41. The number of anilines is 1. The molecule has 0 radical (unpaired) electrons. The van der Waals surface area contributed by atoms with E-state index < -0.39 is 17.8 Å². The molecule has 2 aliphatic heterocycles. The normalized spacial score (nSPS) is 18.4. The standard InChI is InChI=1S/C30H32FN7O5/c1-43-24-7-6-19(31)12-22(24)28(40)33-13-17-2-4-18(5-3-17)23-16-38(26-25(23)27(32)34-35-29(26)41)20-8-10-36(14-20)30(42)37-11-9-21(39)15-37/h2-7,12,16,20-21,39H,8-11,13-15H2,1H3,(H2,32,34)(H,33,40)(H,35,41)/t20-,21-/m1/s1. The van der Waals surface area contributed by atoms with E-state index in [1.807, 2.05) is 35.0 Å². The summed E-state index contributed by atoms with van der Waals surface area (Å²) in [7, 11) is 1.42. The highest BCUT2D eigenvalue weighted by molar-refractivity contribution is 6.02. The third-order valence-electron chi connectivity index (χ3n) is 8.17. The predicted octanol–water partition coefficient (Wildman–Crippen LogP) is 2.48. The van der Waals surface area contributed by atoms with Crippen molar-refractivity contribution < 1.29 is 23.8 Å². The molecule has 3 amide bonds. The van der Waals surface area contributed by atoms with Crippen LogP contribution in [0, 0.1) is 5.82 Å². The van der Waals surface area contributed by atoms with Crippen molar-refractivity contribution in [3.05, 3.63) is 76.0 Å². The Morgan fingerprint density at radius 3 is 2.60 bits per heavy atom. The molecule has 4 aromatic rings. The van der Waals surface area contributed by atoms with E-state index in [0.717, 1.165) is 22.8 Å². The Kier molecular flexibility index (Phi) is 7.48. The smallest absolute Gasteiger partial charge is 0.320 e. The maximum Gasteiger partial charge on any atom is 0.320 e. The lowest BCUT2D eigenvalue weighted by molar-refractivity contribution is 0.0947. The number of hydrogen-bond donors (Lipinski definition) is 4. The van der Waals surface area contributed by atoms with Gasteiger partial charge in [-0.15, -0.1) is 0 Å². The van der Waals surface area contributed by atoms with E-state index in [-0.39, 0.29) is 41.3 Å². The molecular formula is C30H32FN7O5. The summed E-state index contributed by atoms with van der Waals surface area (Å²) in [6.45, 7) is 2.01. The van der Waals surface area contributed by atoms with Gasteiger partial charge in [0.05, 0.1) is 30.2 Å². The average Bonchev–Trinajstić information content (AvgIpc) is 3.77. The third kappa shape index (κ3) is 5.39. The maximum atomic E-state index is 13.7. The summed E-state index contributed by atoms with van der Waals surface area (Å²) < 4.78 is 20.8. The Labute approximate surface area is 245 Å². The van der Waals surface area contributed by atoms with Gasteiger partial charge >= 0.3 is 6.03 Å². The summed E-state index contributed by atoms with van der Waals surface area (Å²) in [5.41, 5.74) is 8.70. The molecule has 0 spiro atoms. The van der Waals surface area contributed by atoms with E-state index in [1.54, 1.807) is 9.80 Å². The zero-order valence-electron chi connectivity index (χ0n) is 23.5. The molecule has 0 saturated carbocycles. The fraction of sp³-hybridized carbons (Fsp3) is 0.333. The van der Waals surface area contributed by atoms with E-state index >= 15 is 0 Å². The second-order valence-electron chi connectivity index (χ2n) is 10.9. The van der Waals surface area contributed by atoms with Crippen LogP contribution in [-0.2, 0) is 6.54 Å². The van der Waals surface area contributed by atoms with Gasteiger partial charge in [-0.05, 0) is 42.2 Å². The molecule has 2 saturated heterocycles. The molecule has 12 nitrogen and oxygen atoms in total. The molecule has 0 unspecified atom stereocenters. The van der Waals surface area contributed by atoms with Crippen LogP contribution in [0.3, 0.4) is 0 Å². The highest BCUT2D eigenvalue weighted by atomic mass is 19.1. The van der Waals surface area contributed by atoms with E-state index in [1.165, 1.54) is 19.2 Å². The Morgan fingerprint density at radius 2 is 1.88 bits per heavy atom. The van der Waals surface area contributed by atoms with Crippen molar-refractivity contribution >= 4 is 28.7 Å². The number of methoxy groups -OCH3 is 1. The number of aliphatic hydroxyl groups is 1. The lowest BCUT2D eigenvalue weighted by atomic mass is 10.0. The number of likely N-dealkylation sites (tertiary alicyclic amines) is 2. The van der Waals surface area contributed by atoms with Gasteiger partial charge in [0.15, 0.2) is 5.82 Å². The van der Waals surface area contributed by atoms with Gasteiger partial charge in [0.2, 0.25) is 0 Å². The number of fused-ring (bicyclic) bond motifs is 1. The van der Waals surface area contributed by atoms with Crippen molar-refractivity contribution in [1.29, 1.82) is 0 Å². The van der Waals surface area contributed by atoms with Gasteiger partial charge in [-0.3, -0.25) is 9.59 Å².